The second-order valence-electron chi connectivity index (χ2n) is 15.7. The van der Waals surface area contributed by atoms with Gasteiger partial charge in [0.25, 0.3) is 0 Å². The lowest BCUT2D eigenvalue weighted by atomic mass is 9.55. The number of H-pyrrole nitrogens is 2. The molecule has 0 radical (unpaired) electrons. The smallest absolute Gasteiger partial charge is 0.311 e. The van der Waals surface area contributed by atoms with Gasteiger partial charge in [-0.1, -0.05) is 38.7 Å². The molecule has 2 N–H and O–H groups in total. The number of benzene rings is 1. The molecule has 3 aliphatic carbocycles. The summed E-state index contributed by atoms with van der Waals surface area (Å²) in [5.74, 6) is 3.47. The van der Waals surface area contributed by atoms with Gasteiger partial charge in [0.1, 0.15) is 23.0 Å². The fourth-order valence-electron chi connectivity index (χ4n) is 9.75. The average molecular weight is 704 g/mol. The number of unbranched alkanes of at least 4 members (excludes halogenated alkanes) is 5. The summed E-state index contributed by atoms with van der Waals surface area (Å²) in [5, 5.41) is 0. The maximum absolute atomic E-state index is 13.3. The highest BCUT2D eigenvalue weighted by molar-refractivity contribution is 6.11. The van der Waals surface area contributed by atoms with Gasteiger partial charge in [-0.25, -0.2) is 4.99 Å². The van der Waals surface area contributed by atoms with Crippen molar-refractivity contribution in [2.45, 2.75) is 117 Å². The number of ether oxygens (including phenoxy) is 2. The zero-order valence-electron chi connectivity index (χ0n) is 31.2. The molecule has 3 heterocycles. The van der Waals surface area contributed by atoms with Crippen molar-refractivity contribution in [3.8, 4) is 5.75 Å². The molecule has 0 saturated heterocycles. The summed E-state index contributed by atoms with van der Waals surface area (Å²) >= 11 is 0. The molecule has 2 saturated carbocycles. The van der Waals surface area contributed by atoms with Crippen molar-refractivity contribution < 1.29 is 23.9 Å². The molecular formula is C44H53N3O5. The van der Waals surface area contributed by atoms with Crippen molar-refractivity contribution in [3.05, 3.63) is 93.4 Å². The normalized spacial score (nSPS) is 24.3. The Labute approximate surface area is 307 Å². The Morgan fingerprint density at radius 1 is 1.00 bits per heavy atom. The summed E-state index contributed by atoms with van der Waals surface area (Å²) in [4.78, 5) is 49.9. The van der Waals surface area contributed by atoms with E-state index in [0.717, 1.165) is 117 Å². The number of allylic oxidation sites excluding steroid dienone is 1. The maximum Gasteiger partial charge on any atom is 0.311 e. The highest BCUT2D eigenvalue weighted by Crippen LogP contribution is 2.59. The van der Waals surface area contributed by atoms with E-state index in [4.69, 9.17) is 14.5 Å². The van der Waals surface area contributed by atoms with E-state index >= 15 is 0 Å². The Morgan fingerprint density at radius 3 is 2.56 bits per heavy atom. The van der Waals surface area contributed by atoms with Gasteiger partial charge >= 0.3 is 5.97 Å². The van der Waals surface area contributed by atoms with Crippen molar-refractivity contribution in [2.24, 2.45) is 22.2 Å². The molecule has 2 fully saturated rings. The molecule has 4 aliphatic rings. The van der Waals surface area contributed by atoms with Crippen LogP contribution in [0.2, 0.25) is 0 Å². The van der Waals surface area contributed by atoms with E-state index in [2.05, 4.69) is 29.0 Å². The number of aryl methyl sites for hydroxylation is 2. The van der Waals surface area contributed by atoms with Crippen LogP contribution in [-0.2, 0) is 20.7 Å². The number of ketones is 2. The lowest BCUT2D eigenvalue weighted by Gasteiger charge is -2.48. The monoisotopic (exact) mass is 703 g/mol. The van der Waals surface area contributed by atoms with E-state index in [9.17, 15) is 14.4 Å². The number of aromatic nitrogens is 2. The number of nitrogens with zero attached hydrogens (tertiary/aromatic N) is 1. The van der Waals surface area contributed by atoms with Crippen molar-refractivity contribution in [1.82, 2.24) is 9.97 Å². The second kappa shape index (κ2) is 15.3. The summed E-state index contributed by atoms with van der Waals surface area (Å²) in [6.07, 6.45) is 18.4. The zero-order valence-corrected chi connectivity index (χ0v) is 31.2. The van der Waals surface area contributed by atoms with Crippen LogP contribution in [0.3, 0.4) is 0 Å². The van der Waals surface area contributed by atoms with Crippen LogP contribution >= 0.6 is 0 Å². The van der Waals surface area contributed by atoms with Crippen LogP contribution in [0.4, 0.5) is 0 Å². The molecule has 0 unspecified atom stereocenters. The maximum atomic E-state index is 13.3. The molecule has 274 valence electrons. The Hall–Kier alpha value is -4.46. The molecule has 1 aliphatic heterocycles. The third-order valence-electron chi connectivity index (χ3n) is 12.6. The number of rotatable bonds is 14. The molecule has 2 aromatic heterocycles. The number of nitrogens with one attached hydrogen (secondary N) is 2. The first-order valence-electron chi connectivity index (χ1n) is 19.5. The summed E-state index contributed by atoms with van der Waals surface area (Å²) in [7, 11) is 1.64. The van der Waals surface area contributed by atoms with Crippen molar-refractivity contribution >= 4 is 29.3 Å². The number of fused-ring (bicyclic) bond motifs is 5. The van der Waals surface area contributed by atoms with Gasteiger partial charge in [0.05, 0.1) is 18.5 Å². The van der Waals surface area contributed by atoms with Gasteiger partial charge in [0, 0.05) is 53.9 Å². The number of hydrogen-bond acceptors (Lipinski definition) is 6. The van der Waals surface area contributed by atoms with Crippen LogP contribution in [0.5, 0.6) is 5.75 Å². The van der Waals surface area contributed by atoms with E-state index in [1.165, 1.54) is 11.1 Å². The van der Waals surface area contributed by atoms with Crippen molar-refractivity contribution in [1.29, 1.82) is 0 Å². The van der Waals surface area contributed by atoms with Gasteiger partial charge in [-0.2, -0.15) is 0 Å². The first-order valence-corrected chi connectivity index (χ1v) is 19.5. The highest BCUT2D eigenvalue weighted by atomic mass is 16.5. The summed E-state index contributed by atoms with van der Waals surface area (Å²) in [5.41, 5.74) is 8.52. The molecule has 7 rings (SSSR count). The first kappa shape index (κ1) is 35.9. The lowest BCUT2D eigenvalue weighted by Crippen LogP contribution is -2.42. The van der Waals surface area contributed by atoms with Crippen molar-refractivity contribution in [3.63, 3.8) is 0 Å². The third-order valence-corrected chi connectivity index (χ3v) is 12.6. The minimum atomic E-state index is -0.167. The van der Waals surface area contributed by atoms with Gasteiger partial charge in [-0.15, -0.1) is 0 Å². The number of methoxy groups -OCH3 is 1. The number of carbonyl (C=O) groups excluding carboxylic acids is 3. The number of aromatic amines is 2. The van der Waals surface area contributed by atoms with E-state index < -0.39 is 0 Å². The molecule has 0 bridgehead atoms. The molecule has 4 atom stereocenters. The van der Waals surface area contributed by atoms with E-state index in [1.807, 2.05) is 50.4 Å². The van der Waals surface area contributed by atoms with Crippen molar-refractivity contribution in [2.75, 3.05) is 7.11 Å². The number of hydrogen-bond donors (Lipinski definition) is 2. The predicted molar refractivity (Wildman–Crippen MR) is 204 cm³/mol. The molecule has 0 amide bonds. The largest absolute Gasteiger partial charge is 0.494 e. The van der Waals surface area contributed by atoms with Crippen LogP contribution in [0.15, 0.2) is 59.1 Å². The van der Waals surface area contributed by atoms with Gasteiger partial charge in [-0.05, 0) is 124 Å². The topological polar surface area (TPSA) is 114 Å². The number of aliphatic imine (C=N–C) groups is 1. The van der Waals surface area contributed by atoms with Gasteiger partial charge in [0.2, 0.25) is 0 Å². The van der Waals surface area contributed by atoms with Gasteiger partial charge < -0.3 is 19.4 Å². The van der Waals surface area contributed by atoms with Crippen LogP contribution in [0, 0.1) is 31.1 Å². The van der Waals surface area contributed by atoms with Gasteiger partial charge in [0.15, 0.2) is 5.78 Å². The molecule has 8 nitrogen and oxygen atoms in total. The third kappa shape index (κ3) is 7.13. The fraction of sp³-hybridized carbons (Fsp3) is 0.500. The number of carbonyl (C=O) groups is 3. The Balaban J connectivity index is 0.813. The summed E-state index contributed by atoms with van der Waals surface area (Å²) < 4.78 is 11.4. The summed E-state index contributed by atoms with van der Waals surface area (Å²) in [6, 6.07) is 10.2. The Bertz CT molecular complexity index is 1930. The predicted octanol–water partition coefficient (Wildman–Crippen LogP) is 9.67. The van der Waals surface area contributed by atoms with Crippen LogP contribution in [0.25, 0.3) is 6.08 Å². The number of Topliss-reactive ketones (excluding diaryl/α,β-unsaturated/α-hetero) is 2. The molecule has 8 heteroatoms. The van der Waals surface area contributed by atoms with E-state index in [1.54, 1.807) is 7.11 Å². The molecule has 3 aromatic rings. The van der Waals surface area contributed by atoms with Crippen LogP contribution < -0.4 is 4.74 Å². The lowest BCUT2D eigenvalue weighted by molar-refractivity contribution is -0.134. The zero-order chi connectivity index (χ0) is 36.4. The quantitative estimate of drug-likeness (QED) is 0.0751. The first-order chi connectivity index (χ1) is 25.2. The molecule has 1 aromatic carbocycles. The minimum Gasteiger partial charge on any atom is -0.494 e. The Morgan fingerprint density at radius 2 is 1.79 bits per heavy atom. The summed E-state index contributed by atoms with van der Waals surface area (Å²) in [6.45, 7) is 6.16. The molecule has 52 heavy (non-hydrogen) atoms. The fourth-order valence-corrected chi connectivity index (χ4v) is 9.75. The minimum absolute atomic E-state index is 0.105. The van der Waals surface area contributed by atoms with Crippen LogP contribution in [-0.4, -0.2) is 40.3 Å². The highest BCUT2D eigenvalue weighted by Gasteiger charge is 2.54. The molecule has 0 spiro atoms. The molecular weight excluding hydrogens is 651 g/mol. The number of esters is 1. The van der Waals surface area contributed by atoms with E-state index in [0.29, 0.717) is 47.9 Å². The second-order valence-corrected chi connectivity index (χ2v) is 15.7. The Kier molecular flexibility index (Phi) is 10.5. The standard InChI is InChI=1S/C44H53N3O5/c1-27-36(25-38-40(51-4)26-37(47-38)35-12-11-23-45-35)46-28(2)43(27)39(48)13-9-7-5-6-8-10-14-42(50)52-30-16-18-31-29(24-30)15-17-33-32(31)21-22-44(3)34(33)19-20-41(44)49/h11-12,16,18,23-26,32-34,45-46H,5-10,13-15,17,19-22H2,1-4H3/t32-,33-,34+,44+/m1/s1. The SMILES string of the molecule is COC1=CC(c2ccc[nH]2)=NC1=Cc1[nH]c(C)c(C(=O)CCCCCCCCC(=O)Oc2ccc3c(c2)CC[C@@H]2[C@@H]3CC[C@]3(C)C(=O)CC[C@@H]23)c1C. The van der Waals surface area contributed by atoms with E-state index in [-0.39, 0.29) is 17.2 Å². The van der Waals surface area contributed by atoms with Gasteiger partial charge in [-0.3, -0.25) is 14.4 Å². The van der Waals surface area contributed by atoms with Crippen LogP contribution in [0.1, 0.15) is 140 Å². The average Bonchev–Trinajstić information content (AvgIpc) is 3.92.